The lowest BCUT2D eigenvalue weighted by atomic mass is 10.1. The van der Waals surface area contributed by atoms with Crippen molar-refractivity contribution in [3.05, 3.63) is 35.4 Å². The van der Waals surface area contributed by atoms with E-state index >= 15 is 0 Å². The predicted octanol–water partition coefficient (Wildman–Crippen LogP) is 1.98. The Labute approximate surface area is 114 Å². The van der Waals surface area contributed by atoms with E-state index in [4.69, 9.17) is 0 Å². The van der Waals surface area contributed by atoms with E-state index in [2.05, 4.69) is 5.32 Å². The molecule has 0 aliphatic carbocycles. The third-order valence-electron chi connectivity index (χ3n) is 3.02. The molecule has 0 spiro atoms. The first-order valence-corrected chi connectivity index (χ1v) is 6.71. The molecule has 0 unspecified atom stereocenters. The van der Waals surface area contributed by atoms with E-state index < -0.39 is 0 Å². The molecule has 104 valence electrons. The van der Waals surface area contributed by atoms with Crippen LogP contribution in [0.15, 0.2) is 24.3 Å². The number of carbonyl (C=O) groups excluding carboxylic acids is 2. The predicted molar refractivity (Wildman–Crippen MR) is 76.1 cm³/mol. The zero-order valence-corrected chi connectivity index (χ0v) is 11.9. The second kappa shape index (κ2) is 7.56. The molecule has 0 bridgehead atoms. The summed E-state index contributed by atoms with van der Waals surface area (Å²) in [4.78, 5) is 25.4. The van der Waals surface area contributed by atoms with Crippen LogP contribution in [-0.4, -0.2) is 36.3 Å². The van der Waals surface area contributed by atoms with Gasteiger partial charge in [0.2, 0.25) is 5.91 Å². The Kier molecular flexibility index (Phi) is 6.06. The highest BCUT2D eigenvalue weighted by atomic mass is 16.2. The summed E-state index contributed by atoms with van der Waals surface area (Å²) in [5.41, 5.74) is 1.68. The molecule has 1 aromatic rings. The Balaban J connectivity index is 2.41. The maximum absolute atomic E-state index is 11.9. The molecular weight excluding hydrogens is 240 g/mol. The molecule has 1 rings (SSSR count). The zero-order chi connectivity index (χ0) is 14.3. The lowest BCUT2D eigenvalue weighted by Gasteiger charge is -2.18. The lowest BCUT2D eigenvalue weighted by Crippen LogP contribution is -2.34. The molecule has 0 saturated carbocycles. The average Bonchev–Trinajstić information content (AvgIpc) is 2.40. The number of aryl methyl sites for hydroxylation is 1. The van der Waals surface area contributed by atoms with Gasteiger partial charge in [-0.3, -0.25) is 9.59 Å². The third-order valence-corrected chi connectivity index (χ3v) is 3.02. The number of amides is 2. The van der Waals surface area contributed by atoms with Gasteiger partial charge in [0.15, 0.2) is 0 Å². The molecule has 0 aliphatic rings. The second-order valence-corrected chi connectivity index (χ2v) is 4.44. The largest absolute Gasteiger partial charge is 0.352 e. The van der Waals surface area contributed by atoms with Crippen LogP contribution < -0.4 is 5.32 Å². The Morgan fingerprint density at radius 1 is 1.21 bits per heavy atom. The maximum Gasteiger partial charge on any atom is 0.251 e. The fourth-order valence-corrected chi connectivity index (χ4v) is 1.91. The molecule has 1 aromatic carbocycles. The molecular formula is C15H22N2O2. The highest BCUT2D eigenvalue weighted by molar-refractivity contribution is 5.94. The summed E-state index contributed by atoms with van der Waals surface area (Å²) in [6, 6.07) is 7.40. The summed E-state index contributed by atoms with van der Waals surface area (Å²) in [5.74, 6) is -0.0504. The molecule has 0 radical (unpaired) electrons. The molecule has 0 atom stereocenters. The highest BCUT2D eigenvalue weighted by Crippen LogP contribution is 2.03. The van der Waals surface area contributed by atoms with Crippen molar-refractivity contribution in [2.24, 2.45) is 0 Å². The normalized spacial score (nSPS) is 10.1. The third kappa shape index (κ3) is 4.73. The van der Waals surface area contributed by atoms with Crippen LogP contribution in [0.4, 0.5) is 0 Å². The fourth-order valence-electron chi connectivity index (χ4n) is 1.91. The van der Waals surface area contributed by atoms with Crippen LogP contribution in [-0.2, 0) is 4.79 Å². The van der Waals surface area contributed by atoms with Gasteiger partial charge >= 0.3 is 0 Å². The molecule has 19 heavy (non-hydrogen) atoms. The van der Waals surface area contributed by atoms with Crippen molar-refractivity contribution < 1.29 is 9.59 Å². The number of benzene rings is 1. The molecule has 4 heteroatoms. The Bertz CT molecular complexity index is 440. The maximum atomic E-state index is 11.9. The van der Waals surface area contributed by atoms with Gasteiger partial charge in [-0.1, -0.05) is 17.7 Å². The van der Waals surface area contributed by atoms with Gasteiger partial charge in [0, 0.05) is 31.6 Å². The van der Waals surface area contributed by atoms with Gasteiger partial charge in [0.25, 0.3) is 5.91 Å². The molecule has 0 aliphatic heterocycles. The molecule has 0 saturated heterocycles. The number of nitrogens with zero attached hydrogens (tertiary/aromatic N) is 1. The number of nitrogens with one attached hydrogen (secondary N) is 1. The van der Waals surface area contributed by atoms with Crippen molar-refractivity contribution in [2.45, 2.75) is 27.2 Å². The Hall–Kier alpha value is -1.84. The summed E-state index contributed by atoms with van der Waals surface area (Å²) in [6.45, 7) is 7.64. The smallest absolute Gasteiger partial charge is 0.251 e. The molecule has 2 amide bonds. The molecule has 0 fully saturated rings. The summed E-state index contributed by atoms with van der Waals surface area (Å²) in [6.07, 6.45) is 0.346. The van der Waals surface area contributed by atoms with E-state index in [0.29, 0.717) is 31.6 Å². The highest BCUT2D eigenvalue weighted by Gasteiger charge is 2.10. The van der Waals surface area contributed by atoms with Crippen LogP contribution >= 0.6 is 0 Å². The average molecular weight is 262 g/mol. The standard InChI is InChI=1S/C15H22N2O2/c1-4-17(5-2)14(18)9-10-16-15(19)13-8-6-7-12(3)11-13/h6-8,11H,4-5,9-10H2,1-3H3,(H,16,19). The number of hydrogen-bond donors (Lipinski definition) is 1. The first-order valence-electron chi connectivity index (χ1n) is 6.71. The monoisotopic (exact) mass is 262 g/mol. The van der Waals surface area contributed by atoms with Crippen molar-refractivity contribution >= 4 is 11.8 Å². The summed E-state index contributed by atoms with van der Waals surface area (Å²) >= 11 is 0. The Morgan fingerprint density at radius 2 is 1.89 bits per heavy atom. The van der Waals surface area contributed by atoms with Crippen LogP contribution in [0, 0.1) is 6.92 Å². The quantitative estimate of drug-likeness (QED) is 0.852. The Morgan fingerprint density at radius 3 is 2.47 bits per heavy atom. The van der Waals surface area contributed by atoms with Crippen molar-refractivity contribution in [1.29, 1.82) is 0 Å². The topological polar surface area (TPSA) is 49.4 Å². The van der Waals surface area contributed by atoms with Crippen molar-refractivity contribution in [3.63, 3.8) is 0 Å². The van der Waals surface area contributed by atoms with E-state index in [-0.39, 0.29) is 11.8 Å². The minimum Gasteiger partial charge on any atom is -0.352 e. The van der Waals surface area contributed by atoms with Gasteiger partial charge in [-0.2, -0.15) is 0 Å². The van der Waals surface area contributed by atoms with Crippen molar-refractivity contribution in [2.75, 3.05) is 19.6 Å². The van der Waals surface area contributed by atoms with Crippen LogP contribution in [0.3, 0.4) is 0 Å². The van der Waals surface area contributed by atoms with Gasteiger partial charge in [-0.15, -0.1) is 0 Å². The molecule has 0 aromatic heterocycles. The first-order chi connectivity index (χ1) is 9.08. The first kappa shape index (κ1) is 15.2. The minimum atomic E-state index is -0.129. The second-order valence-electron chi connectivity index (χ2n) is 4.44. The van der Waals surface area contributed by atoms with Crippen LogP contribution in [0.5, 0.6) is 0 Å². The van der Waals surface area contributed by atoms with E-state index in [1.54, 1.807) is 11.0 Å². The summed E-state index contributed by atoms with van der Waals surface area (Å²) < 4.78 is 0. The SMILES string of the molecule is CCN(CC)C(=O)CCNC(=O)c1cccc(C)c1. The van der Waals surface area contributed by atoms with Crippen LogP contribution in [0.1, 0.15) is 36.2 Å². The molecule has 0 heterocycles. The van der Waals surface area contributed by atoms with Crippen LogP contribution in [0.2, 0.25) is 0 Å². The fraction of sp³-hybridized carbons (Fsp3) is 0.467. The number of carbonyl (C=O) groups is 2. The van der Waals surface area contributed by atoms with E-state index in [0.717, 1.165) is 5.56 Å². The van der Waals surface area contributed by atoms with Crippen LogP contribution in [0.25, 0.3) is 0 Å². The summed E-state index contributed by atoms with van der Waals surface area (Å²) in [5, 5.41) is 2.77. The van der Waals surface area contributed by atoms with Crippen molar-refractivity contribution in [1.82, 2.24) is 10.2 Å². The molecule has 4 nitrogen and oxygen atoms in total. The van der Waals surface area contributed by atoms with Gasteiger partial charge in [-0.25, -0.2) is 0 Å². The molecule has 1 N–H and O–H groups in total. The minimum absolute atomic E-state index is 0.0783. The van der Waals surface area contributed by atoms with E-state index in [9.17, 15) is 9.59 Å². The lowest BCUT2D eigenvalue weighted by molar-refractivity contribution is -0.130. The van der Waals surface area contributed by atoms with Crippen molar-refractivity contribution in [3.8, 4) is 0 Å². The summed E-state index contributed by atoms with van der Waals surface area (Å²) in [7, 11) is 0. The van der Waals surface area contributed by atoms with E-state index in [1.807, 2.05) is 39.0 Å². The number of hydrogen-bond acceptors (Lipinski definition) is 2. The zero-order valence-electron chi connectivity index (χ0n) is 11.9. The van der Waals surface area contributed by atoms with Gasteiger partial charge in [0.1, 0.15) is 0 Å². The number of rotatable bonds is 6. The van der Waals surface area contributed by atoms with Gasteiger partial charge < -0.3 is 10.2 Å². The van der Waals surface area contributed by atoms with E-state index in [1.165, 1.54) is 0 Å². The van der Waals surface area contributed by atoms with Gasteiger partial charge in [-0.05, 0) is 32.9 Å². The van der Waals surface area contributed by atoms with Gasteiger partial charge in [0.05, 0.1) is 0 Å².